The number of nitrogens with zero attached hydrogens (tertiary/aromatic N) is 3. The monoisotopic (exact) mass is 489 g/mol. The Morgan fingerprint density at radius 1 is 1.03 bits per heavy atom. The molecule has 0 atom stereocenters. The second-order valence-corrected chi connectivity index (χ2v) is 8.59. The van der Waals surface area contributed by atoms with E-state index in [4.69, 9.17) is 9.72 Å². The lowest BCUT2D eigenvalue weighted by molar-refractivity contribution is 0.0600. The van der Waals surface area contributed by atoms with Gasteiger partial charge in [0.05, 0.1) is 22.9 Å². The molecule has 6 nitrogen and oxygen atoms in total. The number of anilines is 1. The number of carbonyl (C=O) groups is 2. The number of fused-ring (bicyclic) bond motifs is 1. The van der Waals surface area contributed by atoms with Crippen molar-refractivity contribution < 1.29 is 14.3 Å². The molecule has 1 heterocycles. The highest BCUT2D eigenvalue weighted by atomic mass is 79.9. The van der Waals surface area contributed by atoms with Crippen LogP contribution in [0, 0.1) is 0 Å². The van der Waals surface area contributed by atoms with Crippen LogP contribution in [0.4, 0.5) is 5.13 Å². The smallest absolute Gasteiger partial charge is 0.337 e. The largest absolute Gasteiger partial charge is 0.465 e. The second kappa shape index (κ2) is 10.1. The van der Waals surface area contributed by atoms with Crippen LogP contribution in [0.3, 0.4) is 0 Å². The third-order valence-electron chi connectivity index (χ3n) is 4.90. The molecule has 8 heteroatoms. The van der Waals surface area contributed by atoms with Gasteiger partial charge in [0.2, 0.25) is 0 Å². The Morgan fingerprint density at radius 2 is 1.70 bits per heavy atom. The van der Waals surface area contributed by atoms with Crippen molar-refractivity contribution in [1.29, 1.82) is 0 Å². The molecule has 30 heavy (non-hydrogen) atoms. The number of halogens is 1. The van der Waals surface area contributed by atoms with Crippen molar-refractivity contribution in [1.82, 2.24) is 9.88 Å². The Bertz CT molecular complexity index is 1030. The lowest BCUT2D eigenvalue weighted by atomic mass is 10.1. The van der Waals surface area contributed by atoms with Crippen molar-refractivity contribution in [2.24, 2.45) is 0 Å². The van der Waals surface area contributed by atoms with Gasteiger partial charge in [-0.1, -0.05) is 41.1 Å². The van der Waals surface area contributed by atoms with Gasteiger partial charge in [0.1, 0.15) is 0 Å². The summed E-state index contributed by atoms with van der Waals surface area (Å²) in [6, 6.07) is 12.4. The molecule has 0 spiro atoms. The molecule has 0 aliphatic heterocycles. The molecular formula is C22H24BrN3O3S. The predicted molar refractivity (Wildman–Crippen MR) is 125 cm³/mol. The van der Waals surface area contributed by atoms with Gasteiger partial charge in [-0.3, -0.25) is 9.69 Å². The maximum Gasteiger partial charge on any atom is 0.337 e. The summed E-state index contributed by atoms with van der Waals surface area (Å²) in [4.78, 5) is 33.8. The van der Waals surface area contributed by atoms with Crippen LogP contribution in [0.1, 0.15) is 34.6 Å². The zero-order valence-electron chi connectivity index (χ0n) is 17.2. The molecule has 1 aromatic heterocycles. The summed E-state index contributed by atoms with van der Waals surface area (Å²) in [5, 5.41) is 0.664. The minimum Gasteiger partial charge on any atom is -0.465 e. The maximum atomic E-state index is 13.4. The highest BCUT2D eigenvalue weighted by Gasteiger charge is 2.22. The van der Waals surface area contributed by atoms with Gasteiger partial charge in [0.15, 0.2) is 5.13 Å². The van der Waals surface area contributed by atoms with Gasteiger partial charge in [0.25, 0.3) is 5.91 Å². The fourth-order valence-corrected chi connectivity index (χ4v) is 4.63. The number of likely N-dealkylation sites (N-methyl/N-ethyl adjacent to an activating group) is 1. The summed E-state index contributed by atoms with van der Waals surface area (Å²) in [7, 11) is 1.34. The molecule has 2 aromatic carbocycles. The average Bonchev–Trinajstić information content (AvgIpc) is 3.18. The zero-order valence-corrected chi connectivity index (χ0v) is 19.6. The van der Waals surface area contributed by atoms with E-state index in [1.807, 2.05) is 18.2 Å². The summed E-state index contributed by atoms with van der Waals surface area (Å²) in [6.45, 7) is 7.32. The van der Waals surface area contributed by atoms with E-state index in [0.29, 0.717) is 22.8 Å². The molecule has 0 aliphatic rings. The minimum atomic E-state index is -0.427. The van der Waals surface area contributed by atoms with Crippen LogP contribution in [-0.2, 0) is 4.74 Å². The SMILES string of the molecule is CCN(CC)CCN(C(=O)c1ccc(C(=O)OC)cc1)c1nc2ccc(Br)cc2s1. The molecule has 0 aliphatic carbocycles. The van der Waals surface area contributed by atoms with Gasteiger partial charge in [-0.05, 0) is 55.6 Å². The number of hydrogen-bond donors (Lipinski definition) is 0. The first-order chi connectivity index (χ1) is 14.5. The summed E-state index contributed by atoms with van der Waals surface area (Å²) in [5.74, 6) is -0.569. The first kappa shape index (κ1) is 22.4. The Hall–Kier alpha value is -2.29. The molecule has 0 saturated heterocycles. The fourth-order valence-electron chi connectivity index (χ4n) is 3.09. The van der Waals surface area contributed by atoms with Crippen LogP contribution < -0.4 is 4.90 Å². The van der Waals surface area contributed by atoms with E-state index in [9.17, 15) is 9.59 Å². The lowest BCUT2D eigenvalue weighted by Gasteiger charge is -2.24. The third kappa shape index (κ3) is 5.06. The standard InChI is InChI=1S/C22H24BrN3O3S/c1-4-25(5-2)12-13-26(22-24-18-11-10-17(23)14-19(18)30-22)20(27)15-6-8-16(9-7-15)21(28)29-3/h6-11,14H,4-5,12-13H2,1-3H3. The maximum absolute atomic E-state index is 13.4. The first-order valence-electron chi connectivity index (χ1n) is 9.75. The van der Waals surface area contributed by atoms with Gasteiger partial charge < -0.3 is 9.64 Å². The van der Waals surface area contributed by atoms with Crippen molar-refractivity contribution in [2.45, 2.75) is 13.8 Å². The summed E-state index contributed by atoms with van der Waals surface area (Å²) < 4.78 is 6.73. The fraction of sp³-hybridized carbons (Fsp3) is 0.318. The number of hydrogen-bond acceptors (Lipinski definition) is 6. The molecule has 0 saturated carbocycles. The number of methoxy groups -OCH3 is 1. The summed E-state index contributed by atoms with van der Waals surface area (Å²) in [5.41, 5.74) is 1.77. The molecule has 3 aromatic rings. The van der Waals surface area contributed by atoms with E-state index in [0.717, 1.165) is 34.3 Å². The third-order valence-corrected chi connectivity index (χ3v) is 6.44. The van der Waals surface area contributed by atoms with Crippen LogP contribution in [0.15, 0.2) is 46.9 Å². The first-order valence-corrected chi connectivity index (χ1v) is 11.4. The number of aromatic nitrogens is 1. The van der Waals surface area contributed by atoms with E-state index in [-0.39, 0.29) is 5.91 Å². The Morgan fingerprint density at radius 3 is 2.33 bits per heavy atom. The quantitative estimate of drug-likeness (QED) is 0.423. The minimum absolute atomic E-state index is 0.142. The van der Waals surface area contributed by atoms with Crippen LogP contribution >= 0.6 is 27.3 Å². The van der Waals surface area contributed by atoms with E-state index in [1.54, 1.807) is 29.2 Å². The van der Waals surface area contributed by atoms with E-state index in [1.165, 1.54) is 18.4 Å². The lowest BCUT2D eigenvalue weighted by Crippen LogP contribution is -2.38. The van der Waals surface area contributed by atoms with E-state index < -0.39 is 5.97 Å². The highest BCUT2D eigenvalue weighted by Crippen LogP contribution is 2.31. The molecule has 0 N–H and O–H groups in total. The summed E-state index contributed by atoms with van der Waals surface area (Å²) >= 11 is 4.98. The predicted octanol–water partition coefficient (Wildman–Crippen LogP) is 4.83. The molecular weight excluding hydrogens is 466 g/mol. The topological polar surface area (TPSA) is 62.7 Å². The number of thiazole rings is 1. The Balaban J connectivity index is 1.93. The number of amides is 1. The second-order valence-electron chi connectivity index (χ2n) is 6.66. The van der Waals surface area contributed by atoms with Crippen molar-refractivity contribution in [2.75, 3.05) is 38.2 Å². The zero-order chi connectivity index (χ0) is 21.7. The number of esters is 1. The Kier molecular flexibility index (Phi) is 7.58. The van der Waals surface area contributed by atoms with Crippen LogP contribution in [-0.4, -0.2) is 55.0 Å². The number of benzene rings is 2. The molecule has 0 fully saturated rings. The molecule has 0 unspecified atom stereocenters. The van der Waals surface area contributed by atoms with Crippen molar-refractivity contribution >= 4 is 54.5 Å². The normalized spacial score (nSPS) is 11.1. The molecule has 1 amide bonds. The van der Waals surface area contributed by atoms with Crippen molar-refractivity contribution in [3.63, 3.8) is 0 Å². The van der Waals surface area contributed by atoms with Gasteiger partial charge in [-0.15, -0.1) is 0 Å². The number of carbonyl (C=O) groups excluding carboxylic acids is 2. The van der Waals surface area contributed by atoms with Crippen LogP contribution in [0.25, 0.3) is 10.2 Å². The molecule has 3 rings (SSSR count). The molecule has 158 valence electrons. The average molecular weight is 490 g/mol. The highest BCUT2D eigenvalue weighted by molar-refractivity contribution is 9.10. The van der Waals surface area contributed by atoms with Crippen molar-refractivity contribution in [3.05, 3.63) is 58.1 Å². The van der Waals surface area contributed by atoms with Gasteiger partial charge in [-0.2, -0.15) is 0 Å². The van der Waals surface area contributed by atoms with Gasteiger partial charge >= 0.3 is 5.97 Å². The number of ether oxygens (including phenoxy) is 1. The van der Waals surface area contributed by atoms with Crippen molar-refractivity contribution in [3.8, 4) is 0 Å². The summed E-state index contributed by atoms with van der Waals surface area (Å²) in [6.07, 6.45) is 0. The number of rotatable bonds is 8. The molecule has 0 bridgehead atoms. The van der Waals surface area contributed by atoms with Crippen LogP contribution in [0.5, 0.6) is 0 Å². The van der Waals surface area contributed by atoms with Gasteiger partial charge in [0, 0.05) is 23.1 Å². The van der Waals surface area contributed by atoms with Crippen LogP contribution in [0.2, 0.25) is 0 Å². The Labute approximate surface area is 188 Å². The van der Waals surface area contributed by atoms with E-state index >= 15 is 0 Å². The molecule has 0 radical (unpaired) electrons. The van der Waals surface area contributed by atoms with E-state index in [2.05, 4.69) is 34.7 Å². The van der Waals surface area contributed by atoms with Gasteiger partial charge in [-0.25, -0.2) is 9.78 Å².